The van der Waals surface area contributed by atoms with Gasteiger partial charge in [0, 0.05) is 22.9 Å². The van der Waals surface area contributed by atoms with Gasteiger partial charge in [-0.3, -0.25) is 14.9 Å². The summed E-state index contributed by atoms with van der Waals surface area (Å²) in [5.74, 6) is 0.710. The quantitative estimate of drug-likeness (QED) is 0.395. The molecule has 31 heavy (non-hydrogen) atoms. The number of anilines is 3. The van der Waals surface area contributed by atoms with Crippen molar-refractivity contribution in [2.45, 2.75) is 25.3 Å². The molecular formula is C20H18ClN7O3. The normalized spacial score (nSPS) is 17.3. The van der Waals surface area contributed by atoms with Crippen LogP contribution in [0.2, 0.25) is 5.02 Å². The summed E-state index contributed by atoms with van der Waals surface area (Å²) in [6.45, 7) is 0. The van der Waals surface area contributed by atoms with Crippen LogP contribution in [-0.4, -0.2) is 44.5 Å². The van der Waals surface area contributed by atoms with Crippen molar-refractivity contribution < 1.29 is 14.3 Å². The lowest BCUT2D eigenvalue weighted by atomic mass is 10.1. The molecule has 0 spiro atoms. The molecule has 3 N–H and O–H groups in total. The number of nitrogens with zero attached hydrogens (tertiary/aromatic N) is 4. The second-order valence-corrected chi connectivity index (χ2v) is 7.73. The Bertz CT molecular complexity index is 1250. The molecule has 0 atom stereocenters. The minimum Gasteiger partial charge on any atom is -0.495 e. The first kappa shape index (κ1) is 19.3. The number of benzene rings is 1. The first-order valence-corrected chi connectivity index (χ1v) is 10.1. The highest BCUT2D eigenvalue weighted by atomic mass is 35.5. The molecular weight excluding hydrogens is 422 g/mol. The molecule has 2 aromatic heterocycles. The number of amides is 2. The average Bonchev–Trinajstić information content (AvgIpc) is 3.37. The van der Waals surface area contributed by atoms with E-state index in [4.69, 9.17) is 16.3 Å². The van der Waals surface area contributed by atoms with Crippen LogP contribution in [0, 0.1) is 0 Å². The van der Waals surface area contributed by atoms with Crippen LogP contribution in [0.25, 0.3) is 11.7 Å². The van der Waals surface area contributed by atoms with Gasteiger partial charge in [0.25, 0.3) is 5.91 Å². The first-order chi connectivity index (χ1) is 15.0. The SMILES string of the molecule is COc1ccc(Nc2nc(NC3CC3)n3ncc(/C=C4\CC(=O)NC4=O)c3n2)cc1Cl. The third kappa shape index (κ3) is 3.89. The average molecular weight is 440 g/mol. The lowest BCUT2D eigenvalue weighted by Crippen LogP contribution is -2.19. The Balaban J connectivity index is 1.55. The highest BCUT2D eigenvalue weighted by molar-refractivity contribution is 6.32. The molecule has 3 heterocycles. The second-order valence-electron chi connectivity index (χ2n) is 7.32. The van der Waals surface area contributed by atoms with Crippen molar-refractivity contribution >= 4 is 52.7 Å². The number of hydrogen-bond acceptors (Lipinski definition) is 8. The minimum absolute atomic E-state index is 0.0316. The van der Waals surface area contributed by atoms with Gasteiger partial charge in [-0.05, 0) is 37.1 Å². The Kier molecular flexibility index (Phi) is 4.70. The predicted octanol–water partition coefficient (Wildman–Crippen LogP) is 2.53. The molecule has 2 amide bonds. The minimum atomic E-state index is -0.402. The van der Waals surface area contributed by atoms with Crippen LogP contribution in [0.4, 0.5) is 17.6 Å². The molecule has 0 unspecified atom stereocenters. The number of fused-ring (bicyclic) bond motifs is 1. The predicted molar refractivity (Wildman–Crippen MR) is 114 cm³/mol. The van der Waals surface area contributed by atoms with Crippen LogP contribution < -0.4 is 20.7 Å². The molecule has 3 aromatic rings. The summed E-state index contributed by atoms with van der Waals surface area (Å²) in [4.78, 5) is 32.6. The van der Waals surface area contributed by atoms with Crippen molar-refractivity contribution in [3.05, 3.63) is 40.6 Å². The molecule has 158 valence electrons. The zero-order valence-electron chi connectivity index (χ0n) is 16.5. The summed E-state index contributed by atoms with van der Waals surface area (Å²) in [6, 6.07) is 5.61. The van der Waals surface area contributed by atoms with Crippen molar-refractivity contribution in [2.75, 3.05) is 17.7 Å². The summed E-state index contributed by atoms with van der Waals surface area (Å²) in [5.41, 5.74) is 2.16. The summed E-state index contributed by atoms with van der Waals surface area (Å²) in [6.07, 6.45) is 5.37. The second kappa shape index (κ2) is 7.55. The van der Waals surface area contributed by atoms with Crippen molar-refractivity contribution in [1.29, 1.82) is 0 Å². The smallest absolute Gasteiger partial charge is 0.254 e. The number of nitrogens with one attached hydrogen (secondary N) is 3. The van der Waals surface area contributed by atoms with Crippen molar-refractivity contribution in [3.63, 3.8) is 0 Å². The third-order valence-corrected chi connectivity index (χ3v) is 5.23. The van der Waals surface area contributed by atoms with Crippen LogP contribution in [0.1, 0.15) is 24.8 Å². The number of imide groups is 1. The van der Waals surface area contributed by atoms with Crippen LogP contribution >= 0.6 is 11.6 Å². The standard InChI is InChI=1S/C20H18ClN7O3/c1-31-15-5-4-13(8-14(15)21)23-19-26-17-11(6-10-7-16(29)25-18(10)30)9-22-28(17)20(27-19)24-12-2-3-12/h4-6,8-9,12H,2-3,7H2,1H3,(H,25,29,30)(H2,23,24,26,27)/b10-6+. The number of rotatable bonds is 6. The number of hydrogen-bond donors (Lipinski definition) is 3. The summed E-state index contributed by atoms with van der Waals surface area (Å²) in [7, 11) is 1.55. The number of methoxy groups -OCH3 is 1. The Hall–Kier alpha value is -3.66. The van der Waals surface area contributed by atoms with Crippen LogP contribution in [0.15, 0.2) is 30.0 Å². The van der Waals surface area contributed by atoms with Gasteiger partial charge in [0.05, 0.1) is 24.8 Å². The molecule has 2 aliphatic rings. The molecule has 10 nitrogen and oxygen atoms in total. The van der Waals surface area contributed by atoms with Gasteiger partial charge in [-0.2, -0.15) is 19.6 Å². The van der Waals surface area contributed by atoms with Crippen LogP contribution in [-0.2, 0) is 9.59 Å². The van der Waals surface area contributed by atoms with Crippen LogP contribution in [0.3, 0.4) is 0 Å². The van der Waals surface area contributed by atoms with E-state index in [-0.39, 0.29) is 12.3 Å². The van der Waals surface area contributed by atoms with Gasteiger partial charge >= 0.3 is 0 Å². The Morgan fingerprint density at radius 3 is 2.81 bits per heavy atom. The topological polar surface area (TPSA) is 123 Å². The zero-order chi connectivity index (χ0) is 21.5. The Morgan fingerprint density at radius 2 is 2.13 bits per heavy atom. The van der Waals surface area contributed by atoms with Crippen LogP contribution in [0.5, 0.6) is 5.75 Å². The van der Waals surface area contributed by atoms with Gasteiger partial charge in [0.1, 0.15) is 5.75 Å². The van der Waals surface area contributed by atoms with E-state index < -0.39 is 5.91 Å². The fourth-order valence-corrected chi connectivity index (χ4v) is 3.50. The van der Waals surface area contributed by atoms with E-state index in [2.05, 4.69) is 31.0 Å². The third-order valence-electron chi connectivity index (χ3n) is 4.94. The maximum Gasteiger partial charge on any atom is 0.254 e. The molecule has 0 radical (unpaired) electrons. The van der Waals surface area contributed by atoms with Crippen molar-refractivity contribution in [2.24, 2.45) is 0 Å². The van der Waals surface area contributed by atoms with E-state index in [9.17, 15) is 9.59 Å². The summed E-state index contributed by atoms with van der Waals surface area (Å²) >= 11 is 6.22. The van der Waals surface area contributed by atoms with Gasteiger partial charge in [-0.1, -0.05) is 11.6 Å². The van der Waals surface area contributed by atoms with Gasteiger partial charge in [-0.15, -0.1) is 0 Å². The Labute approximate surface area is 181 Å². The highest BCUT2D eigenvalue weighted by Gasteiger charge is 2.26. The summed E-state index contributed by atoms with van der Waals surface area (Å²) < 4.78 is 6.78. The number of carbonyl (C=O) groups is 2. The molecule has 2 fully saturated rings. The van der Waals surface area contributed by atoms with E-state index in [1.807, 2.05) is 0 Å². The molecule has 0 bridgehead atoms. The van der Waals surface area contributed by atoms with E-state index in [1.54, 1.807) is 42.1 Å². The molecule has 1 saturated heterocycles. The molecule has 1 saturated carbocycles. The number of ether oxygens (including phenoxy) is 1. The molecule has 1 aromatic carbocycles. The molecule has 1 aliphatic heterocycles. The van der Waals surface area contributed by atoms with Crippen molar-refractivity contribution in [3.8, 4) is 5.75 Å². The van der Waals surface area contributed by atoms with Gasteiger partial charge < -0.3 is 15.4 Å². The molecule has 11 heteroatoms. The number of halogens is 1. The molecule has 5 rings (SSSR count). The largest absolute Gasteiger partial charge is 0.495 e. The zero-order valence-corrected chi connectivity index (χ0v) is 17.2. The molecule has 1 aliphatic carbocycles. The van der Waals surface area contributed by atoms with E-state index in [1.165, 1.54) is 0 Å². The van der Waals surface area contributed by atoms with Crippen molar-refractivity contribution in [1.82, 2.24) is 24.9 Å². The lowest BCUT2D eigenvalue weighted by Gasteiger charge is -2.11. The highest BCUT2D eigenvalue weighted by Crippen LogP contribution is 2.30. The first-order valence-electron chi connectivity index (χ1n) is 9.68. The maximum absolute atomic E-state index is 12.0. The summed E-state index contributed by atoms with van der Waals surface area (Å²) in [5, 5.41) is 13.6. The maximum atomic E-state index is 12.0. The Morgan fingerprint density at radius 1 is 1.29 bits per heavy atom. The number of carbonyl (C=O) groups excluding carboxylic acids is 2. The lowest BCUT2D eigenvalue weighted by molar-refractivity contribution is -0.124. The van der Waals surface area contributed by atoms with E-state index in [0.29, 0.717) is 51.2 Å². The van der Waals surface area contributed by atoms with E-state index in [0.717, 1.165) is 12.8 Å². The fraction of sp³-hybridized carbons (Fsp3) is 0.250. The fourth-order valence-electron chi connectivity index (χ4n) is 3.24. The monoisotopic (exact) mass is 439 g/mol. The van der Waals surface area contributed by atoms with Gasteiger partial charge in [-0.25, -0.2) is 0 Å². The number of aromatic nitrogens is 4. The van der Waals surface area contributed by atoms with Gasteiger partial charge in [0.15, 0.2) is 5.65 Å². The van der Waals surface area contributed by atoms with E-state index >= 15 is 0 Å². The van der Waals surface area contributed by atoms with Gasteiger partial charge in [0.2, 0.25) is 17.8 Å².